The highest BCUT2D eigenvalue weighted by Gasteiger charge is 2.18. The van der Waals surface area contributed by atoms with E-state index in [1.807, 2.05) is 43.4 Å². The maximum absolute atomic E-state index is 5.65. The lowest BCUT2D eigenvalue weighted by atomic mass is 10.1. The van der Waals surface area contributed by atoms with E-state index in [-0.39, 0.29) is 0 Å². The number of pyridine rings is 1. The summed E-state index contributed by atoms with van der Waals surface area (Å²) in [6.07, 6.45) is 0. The summed E-state index contributed by atoms with van der Waals surface area (Å²) in [4.78, 5) is 6.76. The number of para-hydroxylation sites is 1. The minimum Gasteiger partial charge on any atom is -0.474 e. The number of benzene rings is 1. The molecule has 5 heteroatoms. The van der Waals surface area contributed by atoms with Crippen LogP contribution >= 0.6 is 0 Å². The first-order valence-electron chi connectivity index (χ1n) is 6.61. The van der Waals surface area contributed by atoms with Crippen LogP contribution in [0.4, 0.5) is 5.69 Å². The Morgan fingerprint density at radius 1 is 1.20 bits per heavy atom. The molecule has 1 aromatic carbocycles. The third-order valence-electron chi connectivity index (χ3n) is 3.63. The van der Waals surface area contributed by atoms with Gasteiger partial charge in [0, 0.05) is 12.4 Å². The molecular formula is C15H14N4O. The van der Waals surface area contributed by atoms with Crippen molar-refractivity contribution in [3.05, 3.63) is 36.4 Å². The maximum Gasteiger partial charge on any atom is 0.238 e. The molecule has 4 rings (SSSR count). The Balaban J connectivity index is 1.87. The average Bonchev–Trinajstić information content (AvgIpc) is 2.91. The van der Waals surface area contributed by atoms with Gasteiger partial charge in [0.1, 0.15) is 12.3 Å². The molecule has 0 saturated heterocycles. The fourth-order valence-corrected chi connectivity index (χ4v) is 2.52. The van der Waals surface area contributed by atoms with Crippen LogP contribution in [0.2, 0.25) is 0 Å². The molecule has 0 radical (unpaired) electrons. The van der Waals surface area contributed by atoms with Gasteiger partial charge in [-0.15, -0.1) is 0 Å². The largest absolute Gasteiger partial charge is 0.474 e. The molecule has 0 saturated carbocycles. The predicted molar refractivity (Wildman–Crippen MR) is 78.1 cm³/mol. The van der Waals surface area contributed by atoms with E-state index in [4.69, 9.17) is 4.74 Å². The summed E-state index contributed by atoms with van der Waals surface area (Å²) in [6, 6.07) is 12.1. The molecule has 1 N–H and O–H groups in total. The van der Waals surface area contributed by atoms with E-state index in [1.54, 1.807) is 0 Å². The minimum atomic E-state index is 0.668. The van der Waals surface area contributed by atoms with Crippen LogP contribution in [0.3, 0.4) is 0 Å². The summed E-state index contributed by atoms with van der Waals surface area (Å²) in [5.41, 5.74) is 3.73. The first kappa shape index (κ1) is 11.3. The summed E-state index contributed by atoms with van der Waals surface area (Å²) in [5.74, 6) is 0.684. The van der Waals surface area contributed by atoms with Crippen molar-refractivity contribution in [2.75, 3.05) is 25.1 Å². The molecule has 0 unspecified atom stereocenters. The Morgan fingerprint density at radius 2 is 2.10 bits per heavy atom. The molecule has 2 aromatic heterocycles. The summed E-state index contributed by atoms with van der Waals surface area (Å²) in [5, 5.41) is 8.48. The molecule has 3 aromatic rings. The smallest absolute Gasteiger partial charge is 0.238 e. The van der Waals surface area contributed by atoms with Crippen molar-refractivity contribution in [3.8, 4) is 17.3 Å². The second-order valence-corrected chi connectivity index (χ2v) is 4.91. The number of anilines is 1. The van der Waals surface area contributed by atoms with Gasteiger partial charge in [-0.25, -0.2) is 4.98 Å². The molecule has 100 valence electrons. The quantitative estimate of drug-likeness (QED) is 0.735. The molecule has 0 atom stereocenters. The Hall–Kier alpha value is -2.56. The van der Waals surface area contributed by atoms with Crippen molar-refractivity contribution in [2.45, 2.75) is 0 Å². The molecule has 20 heavy (non-hydrogen) atoms. The zero-order valence-electron chi connectivity index (χ0n) is 11.1. The Bertz CT molecular complexity index is 780. The molecule has 1 aliphatic rings. The molecule has 0 bridgehead atoms. The zero-order valence-corrected chi connectivity index (χ0v) is 11.1. The van der Waals surface area contributed by atoms with Gasteiger partial charge in [0.2, 0.25) is 5.88 Å². The van der Waals surface area contributed by atoms with E-state index >= 15 is 0 Å². The van der Waals surface area contributed by atoms with E-state index < -0.39 is 0 Å². The van der Waals surface area contributed by atoms with Crippen molar-refractivity contribution < 1.29 is 4.74 Å². The molecular weight excluding hydrogens is 252 g/mol. The van der Waals surface area contributed by atoms with Gasteiger partial charge in [-0.3, -0.25) is 5.10 Å². The minimum absolute atomic E-state index is 0.668. The first-order valence-corrected chi connectivity index (χ1v) is 6.61. The van der Waals surface area contributed by atoms with Crippen molar-refractivity contribution in [1.82, 2.24) is 15.2 Å². The normalized spacial score (nSPS) is 14.2. The summed E-state index contributed by atoms with van der Waals surface area (Å²) in [6.45, 7) is 1.56. The summed E-state index contributed by atoms with van der Waals surface area (Å²) < 4.78 is 5.65. The molecule has 0 aliphatic carbocycles. The fraction of sp³-hybridized carbons (Fsp3) is 0.200. The van der Waals surface area contributed by atoms with Crippen LogP contribution in [-0.4, -0.2) is 35.4 Å². The van der Waals surface area contributed by atoms with Crippen LogP contribution in [0.5, 0.6) is 5.88 Å². The van der Waals surface area contributed by atoms with Crippen molar-refractivity contribution in [2.24, 2.45) is 0 Å². The molecule has 1 aliphatic heterocycles. The van der Waals surface area contributed by atoms with E-state index in [2.05, 4.69) is 20.1 Å². The number of likely N-dealkylation sites (N-methyl/N-ethyl adjacent to an activating group) is 1. The maximum atomic E-state index is 5.65. The Kier molecular flexibility index (Phi) is 2.39. The van der Waals surface area contributed by atoms with Gasteiger partial charge in [-0.1, -0.05) is 18.2 Å². The van der Waals surface area contributed by atoms with Crippen LogP contribution in [0.1, 0.15) is 0 Å². The van der Waals surface area contributed by atoms with Gasteiger partial charge in [0.05, 0.1) is 23.4 Å². The van der Waals surface area contributed by atoms with Crippen LogP contribution in [0.15, 0.2) is 36.4 Å². The number of hydrogen-bond donors (Lipinski definition) is 1. The molecule has 0 spiro atoms. The standard InChI is InChI=1S/C15H14N4O/c1-19-8-9-20-15-13(19)7-6-12(16-15)14-10-4-2-3-5-11(10)17-18-14/h2-7H,8-9H2,1H3,(H,17,18). The molecule has 3 heterocycles. The van der Waals surface area contributed by atoms with Crippen molar-refractivity contribution >= 4 is 16.6 Å². The SMILES string of the molecule is CN1CCOc2nc(-c3n[nH]c4ccccc34)ccc21. The fourth-order valence-electron chi connectivity index (χ4n) is 2.52. The number of aromatic nitrogens is 3. The van der Waals surface area contributed by atoms with Crippen molar-refractivity contribution in [3.63, 3.8) is 0 Å². The Morgan fingerprint density at radius 3 is 3.05 bits per heavy atom. The zero-order chi connectivity index (χ0) is 13.5. The summed E-state index contributed by atoms with van der Waals surface area (Å²) in [7, 11) is 2.05. The average molecular weight is 266 g/mol. The van der Waals surface area contributed by atoms with Gasteiger partial charge in [0.15, 0.2) is 0 Å². The molecule has 5 nitrogen and oxygen atoms in total. The lowest BCUT2D eigenvalue weighted by Crippen LogP contribution is -2.29. The van der Waals surface area contributed by atoms with Gasteiger partial charge >= 0.3 is 0 Å². The third kappa shape index (κ3) is 1.63. The van der Waals surface area contributed by atoms with Gasteiger partial charge in [-0.05, 0) is 18.2 Å². The number of ether oxygens (including phenoxy) is 1. The first-order chi connectivity index (χ1) is 9.83. The lowest BCUT2D eigenvalue weighted by Gasteiger charge is -2.26. The van der Waals surface area contributed by atoms with Crippen LogP contribution in [-0.2, 0) is 0 Å². The highest BCUT2D eigenvalue weighted by Crippen LogP contribution is 2.32. The predicted octanol–water partition coefficient (Wildman–Crippen LogP) is 2.45. The number of aromatic amines is 1. The second kappa shape index (κ2) is 4.23. The highest BCUT2D eigenvalue weighted by atomic mass is 16.5. The van der Waals surface area contributed by atoms with E-state index in [0.717, 1.165) is 34.5 Å². The van der Waals surface area contributed by atoms with E-state index in [1.165, 1.54) is 0 Å². The number of H-pyrrole nitrogens is 1. The molecule has 0 amide bonds. The van der Waals surface area contributed by atoms with E-state index in [0.29, 0.717) is 12.5 Å². The van der Waals surface area contributed by atoms with Crippen LogP contribution < -0.4 is 9.64 Å². The van der Waals surface area contributed by atoms with Crippen LogP contribution in [0.25, 0.3) is 22.3 Å². The second-order valence-electron chi connectivity index (χ2n) is 4.91. The number of hydrogen-bond acceptors (Lipinski definition) is 4. The number of rotatable bonds is 1. The lowest BCUT2D eigenvalue weighted by molar-refractivity contribution is 0.299. The van der Waals surface area contributed by atoms with Gasteiger partial charge < -0.3 is 9.64 Å². The topological polar surface area (TPSA) is 54.0 Å². The number of fused-ring (bicyclic) bond motifs is 2. The monoisotopic (exact) mass is 266 g/mol. The third-order valence-corrected chi connectivity index (χ3v) is 3.63. The van der Waals surface area contributed by atoms with Crippen LogP contribution in [0, 0.1) is 0 Å². The van der Waals surface area contributed by atoms with Gasteiger partial charge in [0.25, 0.3) is 0 Å². The van der Waals surface area contributed by atoms with Gasteiger partial charge in [-0.2, -0.15) is 5.10 Å². The molecule has 0 fully saturated rings. The highest BCUT2D eigenvalue weighted by molar-refractivity contribution is 5.92. The van der Waals surface area contributed by atoms with E-state index in [9.17, 15) is 0 Å². The summed E-state index contributed by atoms with van der Waals surface area (Å²) >= 11 is 0. The Labute approximate surface area is 116 Å². The van der Waals surface area contributed by atoms with Crippen molar-refractivity contribution in [1.29, 1.82) is 0 Å². The number of nitrogens with zero attached hydrogens (tertiary/aromatic N) is 3. The number of nitrogens with one attached hydrogen (secondary N) is 1.